The lowest BCUT2D eigenvalue weighted by atomic mass is 10.00. The predicted molar refractivity (Wildman–Crippen MR) is 67.3 cm³/mol. The van der Waals surface area contributed by atoms with E-state index in [-0.39, 0.29) is 0 Å². The van der Waals surface area contributed by atoms with E-state index in [0.717, 1.165) is 12.0 Å². The Morgan fingerprint density at radius 3 is 2.44 bits per heavy atom. The highest BCUT2D eigenvalue weighted by atomic mass is 15.1. The van der Waals surface area contributed by atoms with Gasteiger partial charge in [-0.05, 0) is 37.2 Å². The number of hydrogen-bond acceptors (Lipinski definition) is 1. The van der Waals surface area contributed by atoms with Crippen LogP contribution in [-0.2, 0) is 5.54 Å². The zero-order valence-corrected chi connectivity index (χ0v) is 10.1. The van der Waals surface area contributed by atoms with Crippen LogP contribution in [0.1, 0.15) is 44.6 Å². The maximum absolute atomic E-state index is 3.93. The van der Waals surface area contributed by atoms with Crippen LogP contribution in [0.25, 0.3) is 0 Å². The largest absolute Gasteiger partial charge is 0.304 e. The van der Waals surface area contributed by atoms with Crippen LogP contribution < -0.4 is 5.32 Å². The van der Waals surface area contributed by atoms with Gasteiger partial charge in [-0.3, -0.25) is 0 Å². The normalized spacial score (nSPS) is 31.6. The van der Waals surface area contributed by atoms with Crippen LogP contribution in [0.4, 0.5) is 0 Å². The van der Waals surface area contributed by atoms with E-state index in [9.17, 15) is 0 Å². The van der Waals surface area contributed by atoms with Crippen LogP contribution in [-0.4, -0.2) is 6.04 Å². The molecular weight excluding hydrogens is 194 g/mol. The van der Waals surface area contributed by atoms with Crippen molar-refractivity contribution in [2.24, 2.45) is 5.92 Å². The maximum atomic E-state index is 3.93. The molecule has 2 saturated carbocycles. The van der Waals surface area contributed by atoms with Gasteiger partial charge < -0.3 is 5.32 Å². The fraction of sp³-hybridized carbons (Fsp3) is 0.600. The van der Waals surface area contributed by atoms with Gasteiger partial charge in [-0.1, -0.05) is 43.7 Å². The molecule has 0 aromatic heterocycles. The third-order valence-electron chi connectivity index (χ3n) is 4.40. The Morgan fingerprint density at radius 2 is 1.88 bits per heavy atom. The quantitative estimate of drug-likeness (QED) is 0.814. The summed E-state index contributed by atoms with van der Waals surface area (Å²) >= 11 is 0. The summed E-state index contributed by atoms with van der Waals surface area (Å²) in [6.45, 7) is 2.39. The average molecular weight is 215 g/mol. The predicted octanol–water partition coefficient (Wildman–Crippen LogP) is 3.45. The molecule has 0 spiro atoms. The Kier molecular flexibility index (Phi) is 2.51. The molecule has 0 saturated heterocycles. The molecule has 0 radical (unpaired) electrons. The van der Waals surface area contributed by atoms with Crippen LogP contribution >= 0.6 is 0 Å². The van der Waals surface area contributed by atoms with E-state index < -0.39 is 0 Å². The first-order valence-electron chi connectivity index (χ1n) is 6.63. The van der Waals surface area contributed by atoms with Crippen LogP contribution in [0.5, 0.6) is 0 Å². The molecule has 0 amide bonds. The first kappa shape index (κ1) is 10.3. The standard InChI is InChI=1S/C15H21N/c1-12-6-5-9-14(12)16-15(10-11-15)13-7-3-2-4-8-13/h2-4,7-8,12,14,16H,5-6,9-11H2,1H3. The summed E-state index contributed by atoms with van der Waals surface area (Å²) in [5.41, 5.74) is 1.83. The van der Waals surface area contributed by atoms with E-state index in [0.29, 0.717) is 5.54 Å². The Bertz CT molecular complexity index is 353. The lowest BCUT2D eigenvalue weighted by Crippen LogP contribution is -2.39. The fourth-order valence-electron chi connectivity index (χ4n) is 3.11. The van der Waals surface area contributed by atoms with Crippen molar-refractivity contribution in [3.8, 4) is 0 Å². The SMILES string of the molecule is CC1CCCC1NC1(c2ccccc2)CC1. The highest BCUT2D eigenvalue weighted by Gasteiger charge is 2.46. The maximum Gasteiger partial charge on any atom is 0.0438 e. The summed E-state index contributed by atoms with van der Waals surface area (Å²) in [4.78, 5) is 0. The number of rotatable bonds is 3. The molecule has 2 aliphatic carbocycles. The molecular formula is C15H21N. The smallest absolute Gasteiger partial charge is 0.0438 e. The highest BCUT2D eigenvalue weighted by molar-refractivity contribution is 5.30. The lowest BCUT2D eigenvalue weighted by Gasteiger charge is -2.25. The third kappa shape index (κ3) is 1.78. The van der Waals surface area contributed by atoms with Crippen molar-refractivity contribution in [1.82, 2.24) is 5.32 Å². The van der Waals surface area contributed by atoms with Gasteiger partial charge in [0.25, 0.3) is 0 Å². The Balaban J connectivity index is 1.75. The van der Waals surface area contributed by atoms with Crippen molar-refractivity contribution in [3.05, 3.63) is 35.9 Å². The van der Waals surface area contributed by atoms with Crippen LogP contribution in [0.2, 0.25) is 0 Å². The molecule has 1 heteroatoms. The zero-order chi connectivity index (χ0) is 11.0. The minimum atomic E-state index is 0.338. The highest BCUT2D eigenvalue weighted by Crippen LogP contribution is 2.47. The molecule has 2 unspecified atom stereocenters. The van der Waals surface area contributed by atoms with Gasteiger partial charge in [0, 0.05) is 11.6 Å². The summed E-state index contributed by atoms with van der Waals surface area (Å²) in [6, 6.07) is 11.7. The van der Waals surface area contributed by atoms with Gasteiger partial charge in [0.2, 0.25) is 0 Å². The van der Waals surface area contributed by atoms with Crippen molar-refractivity contribution in [2.45, 2.75) is 50.6 Å². The Labute approximate surface area is 98.3 Å². The van der Waals surface area contributed by atoms with E-state index >= 15 is 0 Å². The molecule has 3 rings (SSSR count). The molecule has 16 heavy (non-hydrogen) atoms. The second-order valence-corrected chi connectivity index (χ2v) is 5.61. The summed E-state index contributed by atoms with van der Waals surface area (Å²) < 4.78 is 0. The number of nitrogens with one attached hydrogen (secondary N) is 1. The summed E-state index contributed by atoms with van der Waals surface area (Å²) in [6.07, 6.45) is 6.82. The molecule has 86 valence electrons. The minimum Gasteiger partial charge on any atom is -0.304 e. The van der Waals surface area contributed by atoms with E-state index in [1.807, 2.05) is 0 Å². The van der Waals surface area contributed by atoms with E-state index in [1.165, 1.54) is 37.7 Å². The first-order valence-corrected chi connectivity index (χ1v) is 6.63. The van der Waals surface area contributed by atoms with Crippen LogP contribution in [0, 0.1) is 5.92 Å². The van der Waals surface area contributed by atoms with Crippen molar-refractivity contribution < 1.29 is 0 Å². The third-order valence-corrected chi connectivity index (χ3v) is 4.40. The summed E-state index contributed by atoms with van der Waals surface area (Å²) in [5.74, 6) is 0.862. The van der Waals surface area contributed by atoms with E-state index in [2.05, 4.69) is 42.6 Å². The van der Waals surface area contributed by atoms with Crippen molar-refractivity contribution in [2.75, 3.05) is 0 Å². The fourth-order valence-corrected chi connectivity index (χ4v) is 3.11. The topological polar surface area (TPSA) is 12.0 Å². The summed E-state index contributed by atoms with van der Waals surface area (Å²) in [7, 11) is 0. The molecule has 1 aromatic rings. The molecule has 0 bridgehead atoms. The van der Waals surface area contributed by atoms with Crippen molar-refractivity contribution >= 4 is 0 Å². The number of hydrogen-bond donors (Lipinski definition) is 1. The van der Waals surface area contributed by atoms with E-state index in [4.69, 9.17) is 0 Å². The number of benzene rings is 1. The first-order chi connectivity index (χ1) is 7.80. The summed E-state index contributed by atoms with van der Waals surface area (Å²) in [5, 5.41) is 3.93. The van der Waals surface area contributed by atoms with Gasteiger partial charge in [-0.15, -0.1) is 0 Å². The van der Waals surface area contributed by atoms with Crippen molar-refractivity contribution in [1.29, 1.82) is 0 Å². The molecule has 2 atom stereocenters. The van der Waals surface area contributed by atoms with E-state index in [1.54, 1.807) is 0 Å². The average Bonchev–Trinajstić information content (AvgIpc) is 3.00. The van der Waals surface area contributed by atoms with Crippen molar-refractivity contribution in [3.63, 3.8) is 0 Å². The molecule has 0 heterocycles. The van der Waals surface area contributed by atoms with Gasteiger partial charge in [-0.2, -0.15) is 0 Å². The monoisotopic (exact) mass is 215 g/mol. The second-order valence-electron chi connectivity index (χ2n) is 5.61. The molecule has 1 nitrogen and oxygen atoms in total. The molecule has 1 aromatic carbocycles. The molecule has 0 aliphatic heterocycles. The zero-order valence-electron chi connectivity index (χ0n) is 10.1. The van der Waals surface area contributed by atoms with Gasteiger partial charge in [0.05, 0.1) is 0 Å². The van der Waals surface area contributed by atoms with Gasteiger partial charge in [0.1, 0.15) is 0 Å². The van der Waals surface area contributed by atoms with Gasteiger partial charge in [0.15, 0.2) is 0 Å². The molecule has 2 aliphatic rings. The molecule has 2 fully saturated rings. The minimum absolute atomic E-state index is 0.338. The Hall–Kier alpha value is -0.820. The van der Waals surface area contributed by atoms with Crippen LogP contribution in [0.3, 0.4) is 0 Å². The van der Waals surface area contributed by atoms with Gasteiger partial charge >= 0.3 is 0 Å². The molecule has 1 N–H and O–H groups in total. The second kappa shape index (κ2) is 3.89. The van der Waals surface area contributed by atoms with Gasteiger partial charge in [-0.25, -0.2) is 0 Å². The van der Waals surface area contributed by atoms with Crippen LogP contribution in [0.15, 0.2) is 30.3 Å². The lowest BCUT2D eigenvalue weighted by molar-refractivity contribution is 0.363. The Morgan fingerprint density at radius 1 is 1.12 bits per heavy atom.